The van der Waals surface area contributed by atoms with E-state index in [0.717, 1.165) is 11.1 Å². The summed E-state index contributed by atoms with van der Waals surface area (Å²) in [6, 6.07) is 9.62. The van der Waals surface area contributed by atoms with Crippen molar-refractivity contribution in [2.45, 2.75) is 25.9 Å². The second-order valence-electron chi connectivity index (χ2n) is 7.39. The highest BCUT2D eigenvalue weighted by molar-refractivity contribution is 5.98. The van der Waals surface area contributed by atoms with Gasteiger partial charge in [-0.1, -0.05) is 29.8 Å². The molecule has 7 nitrogen and oxygen atoms in total. The van der Waals surface area contributed by atoms with Gasteiger partial charge in [0.1, 0.15) is 5.69 Å². The van der Waals surface area contributed by atoms with E-state index < -0.39 is 0 Å². The van der Waals surface area contributed by atoms with Gasteiger partial charge in [0.05, 0.1) is 19.3 Å². The van der Waals surface area contributed by atoms with Gasteiger partial charge in [-0.05, 0) is 19.4 Å². The lowest BCUT2D eigenvalue weighted by Gasteiger charge is -2.17. The number of nitrogens with zero attached hydrogens (tertiary/aromatic N) is 2. The molecule has 1 unspecified atom stereocenters. The first-order valence-electron chi connectivity index (χ1n) is 9.26. The van der Waals surface area contributed by atoms with Gasteiger partial charge in [0.2, 0.25) is 0 Å². The molecule has 2 N–H and O–H groups in total. The number of hydrogen-bond donors (Lipinski definition) is 2. The molecular formula is C20H24N4O3. The maximum atomic E-state index is 12.9. The number of ether oxygens (including phenoxy) is 1. The van der Waals surface area contributed by atoms with Crippen molar-refractivity contribution in [3.8, 4) is 0 Å². The van der Waals surface area contributed by atoms with Crippen LogP contribution in [0.15, 0.2) is 30.3 Å². The van der Waals surface area contributed by atoms with Gasteiger partial charge >= 0.3 is 0 Å². The number of amides is 2. The molecule has 1 saturated heterocycles. The molecule has 4 atom stereocenters. The fraction of sp³-hybridized carbons (Fsp3) is 0.450. The maximum absolute atomic E-state index is 12.9. The lowest BCUT2D eigenvalue weighted by Crippen LogP contribution is -2.32. The van der Waals surface area contributed by atoms with E-state index in [4.69, 9.17) is 4.74 Å². The Morgan fingerprint density at radius 3 is 2.63 bits per heavy atom. The third-order valence-electron chi connectivity index (χ3n) is 5.57. The lowest BCUT2D eigenvalue weighted by molar-refractivity contribution is 0.0915. The van der Waals surface area contributed by atoms with Crippen molar-refractivity contribution in [1.82, 2.24) is 20.4 Å². The summed E-state index contributed by atoms with van der Waals surface area (Å²) in [4.78, 5) is 25.0. The van der Waals surface area contributed by atoms with Crippen LogP contribution in [0.25, 0.3) is 0 Å². The van der Waals surface area contributed by atoms with Gasteiger partial charge in [0.25, 0.3) is 11.8 Å². The number of nitrogens with one attached hydrogen (secondary N) is 2. The highest BCUT2D eigenvalue weighted by Gasteiger charge is 2.55. The molecule has 0 spiro atoms. The van der Waals surface area contributed by atoms with Crippen LogP contribution in [0.3, 0.4) is 0 Å². The molecule has 0 bridgehead atoms. The monoisotopic (exact) mass is 368 g/mol. The van der Waals surface area contributed by atoms with Crippen LogP contribution in [-0.2, 0) is 4.74 Å². The second kappa shape index (κ2) is 6.81. The molecule has 1 aliphatic carbocycles. The van der Waals surface area contributed by atoms with Crippen LogP contribution < -0.4 is 10.6 Å². The van der Waals surface area contributed by atoms with Gasteiger partial charge in [-0.25, -0.2) is 0 Å². The first kappa shape index (κ1) is 17.7. The molecule has 1 aromatic heterocycles. The Labute approximate surface area is 158 Å². The summed E-state index contributed by atoms with van der Waals surface area (Å²) in [5.74, 6) is 0.323. The zero-order valence-corrected chi connectivity index (χ0v) is 15.7. The van der Waals surface area contributed by atoms with Crippen molar-refractivity contribution in [2.75, 3.05) is 20.3 Å². The summed E-state index contributed by atoms with van der Waals surface area (Å²) in [6.45, 7) is 5.42. The summed E-state index contributed by atoms with van der Waals surface area (Å²) in [7, 11) is 1.55. The Bertz CT molecular complexity index is 881. The van der Waals surface area contributed by atoms with Crippen molar-refractivity contribution in [1.29, 1.82) is 0 Å². The van der Waals surface area contributed by atoms with Gasteiger partial charge in [0, 0.05) is 31.0 Å². The Morgan fingerprint density at radius 1 is 1.22 bits per heavy atom. The number of aromatic nitrogens is 2. The van der Waals surface area contributed by atoms with Gasteiger partial charge in [-0.15, -0.1) is 0 Å². The summed E-state index contributed by atoms with van der Waals surface area (Å²) >= 11 is 0. The molecule has 1 aliphatic heterocycles. The van der Waals surface area contributed by atoms with E-state index in [-0.39, 0.29) is 29.6 Å². The molecule has 0 radical (unpaired) electrons. The first-order chi connectivity index (χ1) is 13.0. The van der Waals surface area contributed by atoms with E-state index in [0.29, 0.717) is 30.7 Å². The molecule has 142 valence electrons. The van der Waals surface area contributed by atoms with E-state index in [9.17, 15) is 9.59 Å². The van der Waals surface area contributed by atoms with Crippen LogP contribution in [0.4, 0.5) is 0 Å². The minimum atomic E-state index is -0.309. The highest BCUT2D eigenvalue weighted by atomic mass is 16.5. The van der Waals surface area contributed by atoms with E-state index in [1.807, 2.05) is 32.0 Å². The summed E-state index contributed by atoms with van der Waals surface area (Å²) in [5, 5.41) is 10.1. The van der Waals surface area contributed by atoms with E-state index in [1.165, 1.54) is 0 Å². The van der Waals surface area contributed by atoms with Crippen molar-refractivity contribution in [3.05, 3.63) is 52.8 Å². The minimum absolute atomic E-state index is 0.160. The Morgan fingerprint density at radius 2 is 1.96 bits per heavy atom. The minimum Gasteiger partial charge on any atom is -0.381 e. The molecule has 1 aromatic carbocycles. The number of carbonyl (C=O) groups excluding carboxylic acids is 2. The van der Waals surface area contributed by atoms with Crippen LogP contribution >= 0.6 is 0 Å². The fourth-order valence-corrected chi connectivity index (χ4v) is 3.85. The van der Waals surface area contributed by atoms with Gasteiger partial charge in [-0.2, -0.15) is 5.10 Å². The molecule has 2 fully saturated rings. The van der Waals surface area contributed by atoms with Crippen LogP contribution in [0.2, 0.25) is 0 Å². The predicted octanol–water partition coefficient (Wildman–Crippen LogP) is 1.54. The molecule has 2 aromatic rings. The van der Waals surface area contributed by atoms with Crippen LogP contribution in [-0.4, -0.2) is 47.9 Å². The zero-order chi connectivity index (χ0) is 19.1. The predicted molar refractivity (Wildman–Crippen MR) is 99.7 cm³/mol. The van der Waals surface area contributed by atoms with Crippen molar-refractivity contribution in [3.63, 3.8) is 0 Å². The first-order valence-corrected chi connectivity index (χ1v) is 9.26. The van der Waals surface area contributed by atoms with Gasteiger partial charge in [0.15, 0.2) is 5.69 Å². The summed E-state index contributed by atoms with van der Waals surface area (Å²) in [6.07, 6.45) is 0. The molecular weight excluding hydrogens is 344 g/mol. The quantitative estimate of drug-likeness (QED) is 0.838. The molecule has 7 heteroatoms. The topological polar surface area (TPSA) is 85.3 Å². The van der Waals surface area contributed by atoms with Crippen LogP contribution in [0, 0.1) is 18.8 Å². The number of carbonyl (C=O) groups is 2. The largest absolute Gasteiger partial charge is 0.381 e. The fourth-order valence-electron chi connectivity index (χ4n) is 3.85. The third-order valence-corrected chi connectivity index (χ3v) is 5.57. The number of aryl methyl sites for hydroxylation is 1. The second-order valence-corrected chi connectivity index (χ2v) is 7.39. The van der Waals surface area contributed by atoms with E-state index in [1.54, 1.807) is 17.8 Å². The number of benzene rings is 1. The van der Waals surface area contributed by atoms with Crippen LogP contribution in [0.1, 0.15) is 45.1 Å². The maximum Gasteiger partial charge on any atom is 0.271 e. The average Bonchev–Trinajstić information content (AvgIpc) is 3.07. The molecule has 2 heterocycles. The molecule has 2 amide bonds. The van der Waals surface area contributed by atoms with E-state index >= 15 is 0 Å². The van der Waals surface area contributed by atoms with Crippen LogP contribution in [0.5, 0.6) is 0 Å². The third kappa shape index (κ3) is 3.23. The number of rotatable bonds is 5. The Hall–Kier alpha value is -2.67. The van der Waals surface area contributed by atoms with E-state index in [2.05, 4.69) is 21.8 Å². The van der Waals surface area contributed by atoms with Gasteiger partial charge in [-0.3, -0.25) is 14.3 Å². The molecule has 1 saturated carbocycles. The molecule has 27 heavy (non-hydrogen) atoms. The SMILES string of the molecule is CNC(=O)c1cc(C(=O)NC2[C@H]3COC[C@@H]23)n([C@@H](C)c2cccc(C)c2)n1. The lowest BCUT2D eigenvalue weighted by atomic mass is 10.1. The van der Waals surface area contributed by atoms with Crippen molar-refractivity contribution in [2.24, 2.45) is 11.8 Å². The number of fused-ring (bicyclic) bond motifs is 1. The highest BCUT2D eigenvalue weighted by Crippen LogP contribution is 2.44. The van der Waals surface area contributed by atoms with Crippen molar-refractivity contribution < 1.29 is 14.3 Å². The smallest absolute Gasteiger partial charge is 0.271 e. The van der Waals surface area contributed by atoms with Crippen molar-refractivity contribution >= 4 is 11.8 Å². The van der Waals surface area contributed by atoms with Gasteiger partial charge < -0.3 is 15.4 Å². The summed E-state index contributed by atoms with van der Waals surface area (Å²) in [5.41, 5.74) is 2.80. The summed E-state index contributed by atoms with van der Waals surface area (Å²) < 4.78 is 7.03. The number of hydrogen-bond acceptors (Lipinski definition) is 4. The molecule has 2 aliphatic rings. The Kier molecular flexibility index (Phi) is 4.47. The molecule has 4 rings (SSSR count). The average molecular weight is 368 g/mol. The Balaban J connectivity index is 1.63. The zero-order valence-electron chi connectivity index (χ0n) is 15.7. The standard InChI is InChI=1S/C20H24N4O3/c1-11-5-4-6-13(7-11)12(2)24-17(8-16(23-24)19(25)21-3)20(26)22-18-14-9-27-10-15(14)18/h4-8,12,14-15,18H,9-10H2,1-3H3,(H,21,25)(H,22,26)/t12-,14-,15+,18?/m0/s1. The normalized spacial score (nSPS) is 24.2.